The van der Waals surface area contributed by atoms with Crippen LogP contribution >= 0.6 is 11.6 Å². The summed E-state index contributed by atoms with van der Waals surface area (Å²) in [7, 11) is -8.78. The van der Waals surface area contributed by atoms with Crippen LogP contribution in [0.1, 0.15) is 12.0 Å². The van der Waals surface area contributed by atoms with Crippen molar-refractivity contribution in [2.24, 2.45) is 0 Å². The Labute approximate surface area is 152 Å². The van der Waals surface area contributed by atoms with E-state index < -0.39 is 38.3 Å². The molecule has 0 N–H and O–H groups in total. The normalized spacial score (nSPS) is 12.3. The molecule has 2 rings (SSSR count). The number of carbonyl (C=O) groups is 1. The molecular formula is C16H16ClNO5S2. The molecule has 134 valence electrons. The Morgan fingerprint density at radius 2 is 1.48 bits per heavy atom. The first-order valence-corrected chi connectivity index (χ1v) is 10.5. The van der Waals surface area contributed by atoms with Crippen molar-refractivity contribution in [1.29, 1.82) is 0 Å². The topological polar surface area (TPSA) is 88.6 Å². The van der Waals surface area contributed by atoms with E-state index in [1.807, 2.05) is 0 Å². The Morgan fingerprint density at radius 1 is 0.920 bits per heavy atom. The van der Waals surface area contributed by atoms with E-state index >= 15 is 0 Å². The average Bonchev–Trinajstić information content (AvgIpc) is 2.55. The second-order valence-corrected chi connectivity index (χ2v) is 9.54. The number of halogens is 1. The number of benzene rings is 2. The van der Waals surface area contributed by atoms with Gasteiger partial charge in [0.15, 0.2) is 0 Å². The zero-order valence-electron chi connectivity index (χ0n) is 13.3. The Balaban J connectivity index is 2.61. The van der Waals surface area contributed by atoms with Crippen LogP contribution in [0, 0.1) is 6.92 Å². The highest BCUT2D eigenvalue weighted by Crippen LogP contribution is 2.26. The van der Waals surface area contributed by atoms with Gasteiger partial charge in [-0.15, -0.1) is 0 Å². The fourth-order valence-corrected chi connectivity index (χ4v) is 6.18. The highest BCUT2D eigenvalue weighted by atomic mass is 35.5. The van der Waals surface area contributed by atoms with Gasteiger partial charge in [0.1, 0.15) is 0 Å². The van der Waals surface area contributed by atoms with Gasteiger partial charge in [0.05, 0.1) is 9.79 Å². The lowest BCUT2D eigenvalue weighted by molar-refractivity contribution is -0.111. The third-order valence-electron chi connectivity index (χ3n) is 3.44. The third kappa shape index (κ3) is 4.27. The monoisotopic (exact) mass is 401 g/mol. The molecule has 2 aromatic rings. The first-order valence-electron chi connectivity index (χ1n) is 7.24. The molecule has 2 aromatic carbocycles. The molecule has 9 heteroatoms. The predicted molar refractivity (Wildman–Crippen MR) is 94.2 cm³/mol. The lowest BCUT2D eigenvalue weighted by Crippen LogP contribution is -2.38. The molecule has 6 nitrogen and oxygen atoms in total. The summed E-state index contributed by atoms with van der Waals surface area (Å²) in [6.07, 6.45) is -0.432. The van der Waals surface area contributed by atoms with Crippen LogP contribution in [0.25, 0.3) is 0 Å². The Hall–Kier alpha value is -1.74. The van der Waals surface area contributed by atoms with Gasteiger partial charge in [0.2, 0.25) is 5.24 Å². The number of hydrogen-bond acceptors (Lipinski definition) is 5. The largest absolute Gasteiger partial charge is 0.281 e. The fourth-order valence-electron chi connectivity index (χ4n) is 2.21. The minimum atomic E-state index is -4.40. The molecule has 0 amide bonds. The molecule has 0 heterocycles. The standard InChI is InChI=1S/C16H16ClNO5S2/c1-13-7-5-6-10-15(13)25(22,23)18(12-11-16(17)19)24(20,21)14-8-3-2-4-9-14/h2-10H,11-12H2,1H3. The molecule has 0 aliphatic rings. The van der Waals surface area contributed by atoms with Crippen LogP contribution in [0.3, 0.4) is 0 Å². The molecular weight excluding hydrogens is 386 g/mol. The quantitative estimate of drug-likeness (QED) is 0.665. The number of carbonyl (C=O) groups excluding carboxylic acids is 1. The van der Waals surface area contributed by atoms with Crippen molar-refractivity contribution in [2.45, 2.75) is 23.1 Å². The summed E-state index contributed by atoms with van der Waals surface area (Å²) in [5.41, 5.74) is 0.396. The Bertz CT molecular complexity index is 973. The average molecular weight is 402 g/mol. The first kappa shape index (κ1) is 19.6. The van der Waals surface area contributed by atoms with Gasteiger partial charge < -0.3 is 0 Å². The second kappa shape index (κ2) is 7.65. The zero-order valence-corrected chi connectivity index (χ0v) is 15.7. The molecule has 0 bridgehead atoms. The molecule has 0 atom stereocenters. The van der Waals surface area contributed by atoms with Crippen molar-refractivity contribution in [3.63, 3.8) is 0 Å². The van der Waals surface area contributed by atoms with E-state index in [0.717, 1.165) is 0 Å². The maximum absolute atomic E-state index is 13.0. The first-order chi connectivity index (χ1) is 11.7. The summed E-state index contributed by atoms with van der Waals surface area (Å²) in [4.78, 5) is 10.8. The Kier molecular flexibility index (Phi) is 5.99. The van der Waals surface area contributed by atoms with Crippen LogP contribution in [0.5, 0.6) is 0 Å². The number of rotatable bonds is 7. The summed E-state index contributed by atoms with van der Waals surface area (Å²) in [6, 6.07) is 13.2. The number of aryl methyl sites for hydroxylation is 1. The van der Waals surface area contributed by atoms with E-state index in [0.29, 0.717) is 9.27 Å². The smallest absolute Gasteiger partial charge is 0.256 e. The van der Waals surface area contributed by atoms with Gasteiger partial charge >= 0.3 is 0 Å². The lowest BCUT2D eigenvalue weighted by Gasteiger charge is -2.22. The molecule has 0 unspecified atom stereocenters. The molecule has 0 aliphatic heterocycles. The van der Waals surface area contributed by atoms with Crippen LogP contribution < -0.4 is 0 Å². The van der Waals surface area contributed by atoms with E-state index in [1.165, 1.54) is 36.4 Å². The summed E-state index contributed by atoms with van der Waals surface area (Å²) in [6.45, 7) is 0.989. The van der Waals surface area contributed by atoms with Crippen LogP contribution in [0.15, 0.2) is 64.4 Å². The number of sulfonamides is 2. The van der Waals surface area contributed by atoms with Gasteiger partial charge in [-0.3, -0.25) is 4.79 Å². The predicted octanol–water partition coefficient (Wildman–Crippen LogP) is 2.53. The van der Waals surface area contributed by atoms with Gasteiger partial charge in [-0.2, -0.15) is 0 Å². The summed E-state index contributed by atoms with van der Waals surface area (Å²) < 4.78 is 52.0. The number of hydrogen-bond donors (Lipinski definition) is 0. The van der Waals surface area contributed by atoms with Crippen molar-refractivity contribution in [1.82, 2.24) is 3.71 Å². The highest BCUT2D eigenvalue weighted by Gasteiger charge is 2.37. The van der Waals surface area contributed by atoms with Crippen molar-refractivity contribution >= 4 is 36.9 Å². The summed E-state index contributed by atoms with van der Waals surface area (Å²) in [5.74, 6) is 0. The van der Waals surface area contributed by atoms with Gasteiger partial charge in [0, 0.05) is 13.0 Å². The summed E-state index contributed by atoms with van der Waals surface area (Å²) >= 11 is 5.29. The summed E-state index contributed by atoms with van der Waals surface area (Å²) in [5, 5.41) is -0.826. The molecule has 0 saturated heterocycles. The molecule has 0 aliphatic carbocycles. The van der Waals surface area contributed by atoms with Crippen molar-refractivity contribution in [3.8, 4) is 0 Å². The highest BCUT2D eigenvalue weighted by molar-refractivity contribution is 8.04. The third-order valence-corrected chi connectivity index (χ3v) is 8.13. The van der Waals surface area contributed by atoms with Gasteiger partial charge in [-0.05, 0) is 42.3 Å². The van der Waals surface area contributed by atoms with Gasteiger partial charge in [-0.1, -0.05) is 40.1 Å². The van der Waals surface area contributed by atoms with Gasteiger partial charge in [0.25, 0.3) is 20.0 Å². The van der Waals surface area contributed by atoms with E-state index in [9.17, 15) is 21.6 Å². The van der Waals surface area contributed by atoms with Crippen LogP contribution in [-0.4, -0.2) is 32.3 Å². The number of nitrogens with zero attached hydrogens (tertiary/aromatic N) is 1. The second-order valence-electron chi connectivity index (χ2n) is 5.19. The van der Waals surface area contributed by atoms with Crippen LogP contribution in [-0.2, 0) is 24.8 Å². The molecule has 0 radical (unpaired) electrons. The SMILES string of the molecule is Cc1ccccc1S(=O)(=O)N(CCC(=O)Cl)S(=O)(=O)c1ccccc1. The maximum atomic E-state index is 13.0. The molecule has 0 aromatic heterocycles. The minimum absolute atomic E-state index is 0.142. The van der Waals surface area contributed by atoms with Crippen molar-refractivity contribution < 1.29 is 21.6 Å². The van der Waals surface area contributed by atoms with E-state index in [2.05, 4.69) is 0 Å². The minimum Gasteiger partial charge on any atom is -0.281 e. The molecule has 0 spiro atoms. The van der Waals surface area contributed by atoms with E-state index in [4.69, 9.17) is 11.6 Å². The molecule has 0 fully saturated rings. The van der Waals surface area contributed by atoms with E-state index in [-0.39, 0.29) is 9.79 Å². The lowest BCUT2D eigenvalue weighted by atomic mass is 10.2. The van der Waals surface area contributed by atoms with Crippen LogP contribution in [0.4, 0.5) is 0 Å². The molecule has 0 saturated carbocycles. The maximum Gasteiger partial charge on any atom is 0.256 e. The zero-order chi connectivity index (χ0) is 18.7. The van der Waals surface area contributed by atoms with Crippen LogP contribution in [0.2, 0.25) is 0 Å². The van der Waals surface area contributed by atoms with E-state index in [1.54, 1.807) is 25.1 Å². The molecule has 25 heavy (non-hydrogen) atoms. The fraction of sp³-hybridized carbons (Fsp3) is 0.188. The van der Waals surface area contributed by atoms with Gasteiger partial charge in [-0.25, -0.2) is 16.8 Å². The van der Waals surface area contributed by atoms with Crippen molar-refractivity contribution in [2.75, 3.05) is 6.54 Å². The van der Waals surface area contributed by atoms with Crippen molar-refractivity contribution in [3.05, 3.63) is 60.2 Å². The Morgan fingerprint density at radius 3 is 2.04 bits per heavy atom.